The standard InChI is InChI=1S/C25H24N2O4/c1-4-29-21-10-6-19(7-11-21)23(16-26)24(17-27)20-8-12-22(13-9-20)30-14-5-15-31-25(28)18(2)3/h6-13H,2,4-5,14-15H2,1,3H3. The number of carbonyl (C=O) groups is 1. The first-order chi connectivity index (χ1) is 15.0. The van der Waals surface area contributed by atoms with Crippen molar-refractivity contribution in [2.75, 3.05) is 19.8 Å². The van der Waals surface area contributed by atoms with Crippen LogP contribution in [-0.4, -0.2) is 25.8 Å². The van der Waals surface area contributed by atoms with Crippen molar-refractivity contribution in [3.05, 3.63) is 71.8 Å². The molecule has 0 spiro atoms. The van der Waals surface area contributed by atoms with Gasteiger partial charge in [-0.2, -0.15) is 10.5 Å². The van der Waals surface area contributed by atoms with Crippen molar-refractivity contribution in [1.82, 2.24) is 0 Å². The molecular formula is C25H24N2O4. The molecule has 0 fully saturated rings. The fourth-order valence-electron chi connectivity index (χ4n) is 2.67. The molecule has 0 N–H and O–H groups in total. The minimum Gasteiger partial charge on any atom is -0.494 e. The minimum absolute atomic E-state index is 0.249. The van der Waals surface area contributed by atoms with Crippen molar-refractivity contribution < 1.29 is 19.0 Å². The predicted octanol–water partition coefficient (Wildman–Crippen LogP) is 4.93. The van der Waals surface area contributed by atoms with Gasteiger partial charge in [0.05, 0.1) is 31.0 Å². The lowest BCUT2D eigenvalue weighted by atomic mass is 9.96. The summed E-state index contributed by atoms with van der Waals surface area (Å²) < 4.78 is 16.1. The summed E-state index contributed by atoms with van der Waals surface area (Å²) >= 11 is 0. The van der Waals surface area contributed by atoms with Crippen LogP contribution in [0.5, 0.6) is 11.5 Å². The van der Waals surface area contributed by atoms with Crippen LogP contribution >= 0.6 is 0 Å². The van der Waals surface area contributed by atoms with Gasteiger partial charge in [-0.15, -0.1) is 0 Å². The Balaban J connectivity index is 2.06. The second-order valence-electron chi connectivity index (χ2n) is 6.57. The molecule has 0 saturated heterocycles. The average molecular weight is 416 g/mol. The number of ether oxygens (including phenoxy) is 3. The smallest absolute Gasteiger partial charge is 0.333 e. The van der Waals surface area contributed by atoms with E-state index in [1.165, 1.54) is 0 Å². The van der Waals surface area contributed by atoms with E-state index in [0.717, 1.165) is 0 Å². The summed E-state index contributed by atoms with van der Waals surface area (Å²) in [5, 5.41) is 19.3. The van der Waals surface area contributed by atoms with Crippen LogP contribution in [0.25, 0.3) is 11.1 Å². The lowest BCUT2D eigenvalue weighted by Crippen LogP contribution is -2.09. The Morgan fingerprint density at radius 1 is 0.871 bits per heavy atom. The van der Waals surface area contributed by atoms with Gasteiger partial charge in [0.2, 0.25) is 0 Å². The van der Waals surface area contributed by atoms with Gasteiger partial charge < -0.3 is 14.2 Å². The van der Waals surface area contributed by atoms with Gasteiger partial charge in [-0.1, -0.05) is 6.58 Å². The highest BCUT2D eigenvalue weighted by atomic mass is 16.5. The summed E-state index contributed by atoms with van der Waals surface area (Å²) in [7, 11) is 0. The molecule has 0 amide bonds. The molecule has 0 radical (unpaired) electrons. The van der Waals surface area contributed by atoms with Crippen LogP contribution in [0.1, 0.15) is 31.4 Å². The van der Waals surface area contributed by atoms with Crippen molar-refractivity contribution in [3.8, 4) is 23.6 Å². The van der Waals surface area contributed by atoms with Gasteiger partial charge >= 0.3 is 5.97 Å². The minimum atomic E-state index is -0.416. The third-order valence-electron chi connectivity index (χ3n) is 4.21. The predicted molar refractivity (Wildman–Crippen MR) is 118 cm³/mol. The second-order valence-corrected chi connectivity index (χ2v) is 6.57. The Hall–Kier alpha value is -4.03. The number of esters is 1. The molecule has 2 rings (SSSR count). The molecule has 0 aromatic heterocycles. The van der Waals surface area contributed by atoms with Gasteiger partial charge in [0.25, 0.3) is 0 Å². The molecule has 0 aliphatic carbocycles. The van der Waals surface area contributed by atoms with Crippen LogP contribution in [0.3, 0.4) is 0 Å². The van der Waals surface area contributed by atoms with E-state index in [-0.39, 0.29) is 12.2 Å². The van der Waals surface area contributed by atoms with Gasteiger partial charge in [0.15, 0.2) is 0 Å². The molecule has 0 heterocycles. The molecule has 0 bridgehead atoms. The molecule has 6 heteroatoms. The van der Waals surface area contributed by atoms with Crippen LogP contribution in [0, 0.1) is 22.7 Å². The molecule has 6 nitrogen and oxygen atoms in total. The number of benzene rings is 2. The first-order valence-corrected chi connectivity index (χ1v) is 9.83. The number of nitrogens with zero attached hydrogens (tertiary/aromatic N) is 2. The van der Waals surface area contributed by atoms with E-state index >= 15 is 0 Å². The maximum absolute atomic E-state index is 11.3. The Labute approximate surface area is 182 Å². The van der Waals surface area contributed by atoms with Gasteiger partial charge in [-0.25, -0.2) is 4.79 Å². The number of allylic oxidation sites excluding steroid dienone is 2. The summed E-state index contributed by atoms with van der Waals surface area (Å²) in [4.78, 5) is 11.3. The van der Waals surface area contributed by atoms with Gasteiger partial charge in [-0.3, -0.25) is 0 Å². The molecular weight excluding hydrogens is 392 g/mol. The van der Waals surface area contributed by atoms with Crippen LogP contribution in [0.15, 0.2) is 60.7 Å². The second kappa shape index (κ2) is 11.8. The summed E-state index contributed by atoms with van der Waals surface area (Å²) in [6.07, 6.45) is 0.542. The largest absolute Gasteiger partial charge is 0.494 e. The Morgan fingerprint density at radius 2 is 1.35 bits per heavy atom. The summed E-state index contributed by atoms with van der Waals surface area (Å²) in [6, 6.07) is 18.3. The SMILES string of the molecule is C=C(C)C(=O)OCCCOc1ccc(C(C#N)=C(C#N)c2ccc(OCC)cc2)cc1. The third-order valence-corrected chi connectivity index (χ3v) is 4.21. The van der Waals surface area contributed by atoms with E-state index in [1.54, 1.807) is 55.5 Å². The molecule has 2 aromatic rings. The van der Waals surface area contributed by atoms with E-state index in [9.17, 15) is 15.3 Å². The zero-order valence-corrected chi connectivity index (χ0v) is 17.7. The molecule has 0 atom stereocenters. The van der Waals surface area contributed by atoms with Crippen molar-refractivity contribution in [1.29, 1.82) is 10.5 Å². The Kier molecular flexibility index (Phi) is 8.89. The highest BCUT2D eigenvalue weighted by Gasteiger charge is 2.12. The van der Waals surface area contributed by atoms with Crippen LogP contribution in [0.4, 0.5) is 0 Å². The van der Waals surface area contributed by atoms with E-state index in [0.29, 0.717) is 53.4 Å². The molecule has 158 valence electrons. The quantitative estimate of drug-likeness (QED) is 0.179. The number of carbonyl (C=O) groups excluding carboxylic acids is 1. The first-order valence-electron chi connectivity index (χ1n) is 9.83. The first kappa shape index (κ1) is 23.3. The molecule has 0 aliphatic heterocycles. The van der Waals surface area contributed by atoms with Gasteiger partial charge in [-0.05, 0) is 73.5 Å². The molecule has 0 aliphatic rings. The maximum Gasteiger partial charge on any atom is 0.333 e. The monoisotopic (exact) mass is 416 g/mol. The van der Waals surface area contributed by atoms with E-state index in [1.807, 2.05) is 6.92 Å². The fraction of sp³-hybridized carbons (Fsp3) is 0.240. The fourth-order valence-corrected chi connectivity index (χ4v) is 2.67. The van der Waals surface area contributed by atoms with Crippen molar-refractivity contribution in [2.45, 2.75) is 20.3 Å². The Bertz CT molecular complexity index is 1020. The van der Waals surface area contributed by atoms with E-state index in [2.05, 4.69) is 18.7 Å². The highest BCUT2D eigenvalue weighted by molar-refractivity contribution is 6.02. The number of rotatable bonds is 10. The average Bonchev–Trinajstić information content (AvgIpc) is 2.78. The zero-order chi connectivity index (χ0) is 22.6. The van der Waals surface area contributed by atoms with Crippen molar-refractivity contribution >= 4 is 17.1 Å². The summed E-state index contributed by atoms with van der Waals surface area (Å²) in [6.45, 7) is 8.19. The molecule has 2 aromatic carbocycles. The van der Waals surface area contributed by atoms with Gasteiger partial charge in [0.1, 0.15) is 23.6 Å². The number of hydrogen-bond acceptors (Lipinski definition) is 6. The molecule has 31 heavy (non-hydrogen) atoms. The zero-order valence-electron chi connectivity index (χ0n) is 17.7. The number of nitriles is 2. The van der Waals surface area contributed by atoms with Gasteiger partial charge in [0, 0.05) is 12.0 Å². The van der Waals surface area contributed by atoms with Crippen molar-refractivity contribution in [2.24, 2.45) is 0 Å². The lowest BCUT2D eigenvalue weighted by Gasteiger charge is -2.09. The summed E-state index contributed by atoms with van der Waals surface area (Å²) in [5.74, 6) is 0.908. The van der Waals surface area contributed by atoms with E-state index < -0.39 is 5.97 Å². The number of hydrogen-bond donors (Lipinski definition) is 0. The van der Waals surface area contributed by atoms with Crippen LogP contribution < -0.4 is 9.47 Å². The maximum atomic E-state index is 11.3. The highest BCUT2D eigenvalue weighted by Crippen LogP contribution is 2.28. The van der Waals surface area contributed by atoms with Crippen LogP contribution in [-0.2, 0) is 9.53 Å². The normalized spacial score (nSPS) is 10.8. The third kappa shape index (κ3) is 6.76. The Morgan fingerprint density at radius 3 is 1.77 bits per heavy atom. The summed E-state index contributed by atoms with van der Waals surface area (Å²) in [5.41, 5.74) is 2.20. The lowest BCUT2D eigenvalue weighted by molar-refractivity contribution is -0.139. The molecule has 0 unspecified atom stereocenters. The topological polar surface area (TPSA) is 92.3 Å². The van der Waals surface area contributed by atoms with E-state index in [4.69, 9.17) is 14.2 Å². The molecule has 0 saturated carbocycles. The van der Waals surface area contributed by atoms with Crippen molar-refractivity contribution in [3.63, 3.8) is 0 Å². The van der Waals surface area contributed by atoms with Crippen LogP contribution in [0.2, 0.25) is 0 Å².